The van der Waals surface area contributed by atoms with Gasteiger partial charge in [-0.2, -0.15) is 5.10 Å². The number of hydrogen-bond acceptors (Lipinski definition) is 7. The fraction of sp³-hybridized carbons (Fsp3) is 0. The van der Waals surface area contributed by atoms with Crippen molar-refractivity contribution in [1.82, 2.24) is 5.32 Å². The van der Waals surface area contributed by atoms with Gasteiger partial charge in [0.25, 0.3) is 11.6 Å². The third-order valence-electron chi connectivity index (χ3n) is 3.31. The molecule has 0 bridgehead atoms. The van der Waals surface area contributed by atoms with E-state index in [1.165, 1.54) is 24.4 Å². The summed E-state index contributed by atoms with van der Waals surface area (Å²) in [5.74, 6) is -0.273. The summed E-state index contributed by atoms with van der Waals surface area (Å²) in [6.07, 6.45) is 2.92. The molecule has 3 rings (SSSR count). The summed E-state index contributed by atoms with van der Waals surface area (Å²) in [6.45, 7) is 0. The number of nitrogens with one attached hydrogen (secondary N) is 1. The Morgan fingerprint density at radius 3 is 2.77 bits per heavy atom. The van der Waals surface area contributed by atoms with E-state index in [1.807, 2.05) is 0 Å². The molecule has 2 aromatic rings. The minimum Gasteiger partial charge on any atom is -0.507 e. The highest BCUT2D eigenvalue weighted by atomic mass is 32.2. The first-order valence-corrected chi connectivity index (χ1v) is 8.19. The number of carbonyl (C=O) groups excluding carboxylic acids is 1. The molecule has 2 aromatic carbocycles. The van der Waals surface area contributed by atoms with Crippen molar-refractivity contribution in [3.8, 4) is 5.75 Å². The number of aromatic hydroxyl groups is 1. The van der Waals surface area contributed by atoms with Crippen LogP contribution >= 0.6 is 11.8 Å². The van der Waals surface area contributed by atoms with E-state index in [0.717, 1.165) is 11.8 Å². The molecule has 26 heavy (non-hydrogen) atoms. The van der Waals surface area contributed by atoms with E-state index in [2.05, 4.69) is 15.5 Å². The second-order valence-corrected chi connectivity index (χ2v) is 6.16. The van der Waals surface area contributed by atoms with Crippen LogP contribution in [-0.2, 0) is 4.79 Å². The minimum atomic E-state index is -0.494. The maximum absolute atomic E-state index is 12.0. The van der Waals surface area contributed by atoms with E-state index >= 15 is 0 Å². The third kappa shape index (κ3) is 4.14. The van der Waals surface area contributed by atoms with Crippen LogP contribution in [0.5, 0.6) is 5.75 Å². The van der Waals surface area contributed by atoms with E-state index in [0.29, 0.717) is 16.0 Å². The molecule has 1 aliphatic rings. The Morgan fingerprint density at radius 2 is 2.00 bits per heavy atom. The van der Waals surface area contributed by atoms with Crippen molar-refractivity contribution in [2.24, 2.45) is 10.2 Å². The van der Waals surface area contributed by atoms with Gasteiger partial charge in [-0.05, 0) is 23.9 Å². The molecule has 0 spiro atoms. The number of carbonyl (C=O) groups is 1. The lowest BCUT2D eigenvalue weighted by Crippen LogP contribution is -2.19. The van der Waals surface area contributed by atoms with Gasteiger partial charge >= 0.3 is 0 Å². The molecule has 1 fully saturated rings. The van der Waals surface area contributed by atoms with Crippen molar-refractivity contribution in [1.29, 1.82) is 0 Å². The van der Waals surface area contributed by atoms with Gasteiger partial charge in [0.15, 0.2) is 5.17 Å². The van der Waals surface area contributed by atoms with Gasteiger partial charge < -0.3 is 5.11 Å². The van der Waals surface area contributed by atoms with Crippen LogP contribution in [0.25, 0.3) is 6.08 Å². The summed E-state index contributed by atoms with van der Waals surface area (Å²) in [4.78, 5) is 22.6. The van der Waals surface area contributed by atoms with E-state index in [9.17, 15) is 20.0 Å². The molecule has 0 saturated carbocycles. The Morgan fingerprint density at radius 1 is 1.19 bits per heavy atom. The number of phenols is 1. The van der Waals surface area contributed by atoms with Crippen LogP contribution in [0.4, 0.5) is 5.69 Å². The number of rotatable bonds is 4. The van der Waals surface area contributed by atoms with Crippen LogP contribution in [0.15, 0.2) is 63.6 Å². The van der Waals surface area contributed by atoms with Gasteiger partial charge in [-0.25, -0.2) is 0 Å². The Bertz CT molecular complexity index is 969. The van der Waals surface area contributed by atoms with Gasteiger partial charge in [0.05, 0.1) is 16.0 Å². The van der Waals surface area contributed by atoms with Gasteiger partial charge in [-0.1, -0.05) is 30.3 Å². The Balaban J connectivity index is 1.73. The van der Waals surface area contributed by atoms with Gasteiger partial charge in [-0.15, -0.1) is 5.10 Å². The Kier molecular flexibility index (Phi) is 5.09. The maximum atomic E-state index is 12.0. The second-order valence-electron chi connectivity index (χ2n) is 5.13. The highest BCUT2D eigenvalue weighted by molar-refractivity contribution is 8.18. The second kappa shape index (κ2) is 7.62. The van der Waals surface area contributed by atoms with Crippen LogP contribution in [0.3, 0.4) is 0 Å². The zero-order valence-electron chi connectivity index (χ0n) is 13.2. The molecule has 1 aliphatic heterocycles. The van der Waals surface area contributed by atoms with Crippen LogP contribution in [0.1, 0.15) is 11.1 Å². The molecule has 0 radical (unpaired) electrons. The van der Waals surface area contributed by atoms with Crippen molar-refractivity contribution in [3.05, 3.63) is 74.7 Å². The predicted octanol–water partition coefficient (Wildman–Crippen LogP) is 2.89. The fourth-order valence-electron chi connectivity index (χ4n) is 2.09. The first-order valence-electron chi connectivity index (χ1n) is 7.37. The molecule has 0 unspecified atom stereocenters. The lowest BCUT2D eigenvalue weighted by Gasteiger charge is -1.97. The first kappa shape index (κ1) is 17.4. The number of benzene rings is 2. The smallest absolute Gasteiger partial charge is 0.270 e. The number of thioether (sulfide) groups is 1. The minimum absolute atomic E-state index is 0.0435. The molecule has 2 N–H and O–H groups in total. The average Bonchev–Trinajstić information content (AvgIpc) is 2.97. The van der Waals surface area contributed by atoms with Crippen LogP contribution < -0.4 is 5.32 Å². The number of para-hydroxylation sites is 1. The zero-order chi connectivity index (χ0) is 18.5. The number of hydrogen-bond donors (Lipinski definition) is 2. The number of nitro benzene ring substituents is 1. The van der Waals surface area contributed by atoms with Crippen LogP contribution in [-0.4, -0.2) is 27.3 Å². The summed E-state index contributed by atoms with van der Waals surface area (Å²) >= 11 is 1.08. The molecule has 0 atom stereocenters. The van der Waals surface area contributed by atoms with E-state index < -0.39 is 4.92 Å². The standard InChI is InChI=1S/C17H12N4O4S/c22-14-7-2-1-5-12(14)9-15-16(23)19-17(26-15)20-18-10-11-4-3-6-13(8-11)21(24)25/h1-10,22H,(H,19,20,23)/b15-9+,18-10+. The summed E-state index contributed by atoms with van der Waals surface area (Å²) in [5, 5.41) is 31.1. The van der Waals surface area contributed by atoms with Gasteiger partial charge in [-0.3, -0.25) is 20.2 Å². The average molecular weight is 368 g/mol. The van der Waals surface area contributed by atoms with E-state index in [4.69, 9.17) is 0 Å². The Hall–Kier alpha value is -3.46. The molecule has 0 aliphatic carbocycles. The number of non-ortho nitro benzene ring substituents is 1. The molecule has 9 heteroatoms. The molecule has 1 saturated heterocycles. The summed E-state index contributed by atoms with van der Waals surface area (Å²) < 4.78 is 0. The molecule has 130 valence electrons. The summed E-state index contributed by atoms with van der Waals surface area (Å²) in [7, 11) is 0. The topological polar surface area (TPSA) is 117 Å². The number of amidine groups is 1. The molecule has 0 aromatic heterocycles. The number of nitrogens with zero attached hydrogens (tertiary/aromatic N) is 3. The summed E-state index contributed by atoms with van der Waals surface area (Å²) in [6, 6.07) is 12.6. The molecular weight excluding hydrogens is 356 g/mol. The SMILES string of the molecule is O=C1N/C(=N\N=C\c2cccc([N+](=O)[O-])c2)S/C1=C/c1ccccc1O. The number of amides is 1. The van der Waals surface area contributed by atoms with E-state index in [-0.39, 0.29) is 22.5 Å². The monoisotopic (exact) mass is 368 g/mol. The largest absolute Gasteiger partial charge is 0.507 e. The van der Waals surface area contributed by atoms with Gasteiger partial charge in [0.1, 0.15) is 5.75 Å². The molecular formula is C17H12N4O4S. The quantitative estimate of drug-likeness (QED) is 0.372. The highest BCUT2D eigenvalue weighted by Crippen LogP contribution is 2.28. The number of nitro groups is 1. The third-order valence-corrected chi connectivity index (χ3v) is 4.21. The van der Waals surface area contributed by atoms with Gasteiger partial charge in [0, 0.05) is 23.3 Å². The van der Waals surface area contributed by atoms with E-state index in [1.54, 1.807) is 36.4 Å². The Labute approximate surface area is 152 Å². The maximum Gasteiger partial charge on any atom is 0.270 e. The lowest BCUT2D eigenvalue weighted by molar-refractivity contribution is -0.384. The van der Waals surface area contributed by atoms with Crippen molar-refractivity contribution in [2.45, 2.75) is 0 Å². The summed E-state index contributed by atoms with van der Waals surface area (Å²) in [5.41, 5.74) is 0.993. The molecule has 8 nitrogen and oxygen atoms in total. The number of phenolic OH excluding ortho intramolecular Hbond substituents is 1. The van der Waals surface area contributed by atoms with Crippen molar-refractivity contribution in [3.63, 3.8) is 0 Å². The van der Waals surface area contributed by atoms with Crippen LogP contribution in [0, 0.1) is 10.1 Å². The first-order chi connectivity index (χ1) is 12.5. The van der Waals surface area contributed by atoms with Crippen molar-refractivity contribution < 1.29 is 14.8 Å². The zero-order valence-corrected chi connectivity index (χ0v) is 14.0. The normalized spacial score (nSPS) is 17.2. The molecule has 1 heterocycles. The van der Waals surface area contributed by atoms with Gasteiger partial charge in [0.2, 0.25) is 0 Å². The fourth-order valence-corrected chi connectivity index (χ4v) is 2.86. The highest BCUT2D eigenvalue weighted by Gasteiger charge is 2.24. The van der Waals surface area contributed by atoms with Crippen molar-refractivity contribution in [2.75, 3.05) is 0 Å². The van der Waals surface area contributed by atoms with Crippen molar-refractivity contribution >= 4 is 40.8 Å². The predicted molar refractivity (Wildman–Crippen MR) is 99.9 cm³/mol. The van der Waals surface area contributed by atoms with Crippen LogP contribution in [0.2, 0.25) is 0 Å². The molecule has 1 amide bonds. The lowest BCUT2D eigenvalue weighted by atomic mass is 10.2.